The van der Waals surface area contributed by atoms with Crippen LogP contribution in [0.3, 0.4) is 0 Å². The first-order valence-corrected chi connectivity index (χ1v) is 9.56. The number of ether oxygens (including phenoxy) is 1. The largest absolute Gasteiger partial charge is 0.465 e. The molecule has 0 aliphatic carbocycles. The van der Waals surface area contributed by atoms with Gasteiger partial charge >= 0.3 is 5.97 Å². The summed E-state index contributed by atoms with van der Waals surface area (Å²) in [6.07, 6.45) is 2.46. The van der Waals surface area contributed by atoms with Gasteiger partial charge in [0.2, 0.25) is 5.91 Å². The maximum atomic E-state index is 12.3. The first kappa shape index (κ1) is 20.4. The van der Waals surface area contributed by atoms with Crippen LogP contribution in [0.4, 0.5) is 5.69 Å². The zero-order valence-electron chi connectivity index (χ0n) is 17.1. The van der Waals surface area contributed by atoms with Gasteiger partial charge in [0.15, 0.2) is 0 Å². The van der Waals surface area contributed by atoms with Crippen molar-refractivity contribution in [3.8, 4) is 11.1 Å². The Kier molecular flexibility index (Phi) is 5.87. The van der Waals surface area contributed by atoms with Gasteiger partial charge in [0, 0.05) is 24.4 Å². The van der Waals surface area contributed by atoms with Crippen molar-refractivity contribution in [2.24, 2.45) is 0 Å². The number of amides is 1. The van der Waals surface area contributed by atoms with E-state index in [4.69, 9.17) is 4.74 Å². The van der Waals surface area contributed by atoms with E-state index in [0.29, 0.717) is 5.56 Å². The number of benzene rings is 2. The van der Waals surface area contributed by atoms with Crippen LogP contribution in [0.25, 0.3) is 11.1 Å². The molecule has 0 fully saturated rings. The molecule has 0 spiro atoms. The minimum Gasteiger partial charge on any atom is -0.465 e. The second-order valence-electron chi connectivity index (χ2n) is 7.24. The molecule has 0 bridgehead atoms. The van der Waals surface area contributed by atoms with E-state index in [1.165, 1.54) is 7.11 Å². The van der Waals surface area contributed by atoms with Gasteiger partial charge in [-0.1, -0.05) is 31.4 Å². The minimum absolute atomic E-state index is 0.0231. The number of hydrogen-bond acceptors (Lipinski definition) is 4. The van der Waals surface area contributed by atoms with Crippen molar-refractivity contribution in [2.75, 3.05) is 12.0 Å². The number of rotatable bonds is 5. The number of carbonyl (C=O) groups excluding carboxylic acids is 2. The number of hydrogen-bond donors (Lipinski definition) is 1. The Bertz CT molecular complexity index is 963. The average molecular weight is 390 g/mol. The Hall–Kier alpha value is -3.34. The smallest absolute Gasteiger partial charge is 0.337 e. The van der Waals surface area contributed by atoms with Crippen LogP contribution in [0.2, 0.25) is 0 Å². The molecule has 1 heterocycles. The molecule has 150 valence electrons. The van der Waals surface area contributed by atoms with Gasteiger partial charge in [0.05, 0.1) is 18.7 Å². The molecule has 5 heteroatoms. The summed E-state index contributed by atoms with van der Waals surface area (Å²) in [5, 5.41) is 3.41. The Morgan fingerprint density at radius 1 is 1.17 bits per heavy atom. The van der Waals surface area contributed by atoms with Gasteiger partial charge in [-0.15, -0.1) is 0 Å². The second kappa shape index (κ2) is 8.35. The van der Waals surface area contributed by atoms with Gasteiger partial charge in [-0.25, -0.2) is 4.79 Å². The van der Waals surface area contributed by atoms with Crippen LogP contribution in [0, 0.1) is 0 Å². The van der Waals surface area contributed by atoms with Gasteiger partial charge in [0.1, 0.15) is 0 Å². The van der Waals surface area contributed by atoms with Crippen LogP contribution in [-0.2, 0) is 9.53 Å². The van der Waals surface area contributed by atoms with E-state index >= 15 is 0 Å². The molecule has 1 N–H and O–H groups in total. The van der Waals surface area contributed by atoms with Gasteiger partial charge < -0.3 is 15.0 Å². The SMILES string of the molecule is C=CC(=C)NC1CC(C)N(C(C)=O)c2ccc(-c3ccc(C(=O)OC)cc3)cc21. The number of methoxy groups -OCH3 is 1. The summed E-state index contributed by atoms with van der Waals surface area (Å²) >= 11 is 0. The summed E-state index contributed by atoms with van der Waals surface area (Å²) in [6, 6.07) is 13.5. The predicted octanol–water partition coefficient (Wildman–Crippen LogP) is 4.62. The number of anilines is 1. The van der Waals surface area contributed by atoms with Crippen LogP contribution in [0.5, 0.6) is 0 Å². The number of nitrogens with zero attached hydrogens (tertiary/aromatic N) is 1. The first-order valence-electron chi connectivity index (χ1n) is 9.56. The summed E-state index contributed by atoms with van der Waals surface area (Å²) in [7, 11) is 1.37. The van der Waals surface area contributed by atoms with Crippen molar-refractivity contribution in [3.05, 3.63) is 78.5 Å². The third kappa shape index (κ3) is 4.09. The van der Waals surface area contributed by atoms with Crippen molar-refractivity contribution >= 4 is 17.6 Å². The fourth-order valence-electron chi connectivity index (χ4n) is 3.86. The lowest BCUT2D eigenvalue weighted by Crippen LogP contribution is -2.44. The fraction of sp³-hybridized carbons (Fsp3) is 0.250. The van der Waals surface area contributed by atoms with Crippen LogP contribution in [0.15, 0.2) is 67.4 Å². The number of esters is 1. The quantitative estimate of drug-likeness (QED) is 0.598. The highest BCUT2D eigenvalue weighted by molar-refractivity contribution is 5.94. The molecule has 0 saturated heterocycles. The molecular formula is C24H26N2O3. The molecule has 29 heavy (non-hydrogen) atoms. The lowest BCUT2D eigenvalue weighted by atomic mass is 9.88. The Balaban J connectivity index is 2.04. The highest BCUT2D eigenvalue weighted by atomic mass is 16.5. The van der Waals surface area contributed by atoms with E-state index in [1.807, 2.05) is 29.2 Å². The van der Waals surface area contributed by atoms with Crippen molar-refractivity contribution in [1.82, 2.24) is 5.32 Å². The maximum absolute atomic E-state index is 12.3. The molecule has 0 radical (unpaired) electrons. The lowest BCUT2D eigenvalue weighted by molar-refractivity contribution is -0.117. The average Bonchev–Trinajstić information content (AvgIpc) is 2.72. The minimum atomic E-state index is -0.361. The third-order valence-electron chi connectivity index (χ3n) is 5.26. The number of fused-ring (bicyclic) bond motifs is 1. The summed E-state index contributed by atoms with van der Waals surface area (Å²) in [6.45, 7) is 11.4. The molecule has 5 nitrogen and oxygen atoms in total. The zero-order valence-corrected chi connectivity index (χ0v) is 17.1. The van der Waals surface area contributed by atoms with E-state index in [-0.39, 0.29) is 24.0 Å². The van der Waals surface area contributed by atoms with E-state index in [0.717, 1.165) is 34.5 Å². The molecular weight excluding hydrogens is 364 g/mol. The predicted molar refractivity (Wildman–Crippen MR) is 116 cm³/mol. The van der Waals surface area contributed by atoms with Crippen LogP contribution in [-0.4, -0.2) is 25.0 Å². The molecule has 1 aliphatic rings. The molecule has 2 aromatic rings. The van der Waals surface area contributed by atoms with E-state index < -0.39 is 0 Å². The summed E-state index contributed by atoms with van der Waals surface area (Å²) in [5.74, 6) is -0.338. The Morgan fingerprint density at radius 2 is 1.83 bits per heavy atom. The normalized spacial score (nSPS) is 17.8. The van der Waals surface area contributed by atoms with E-state index in [2.05, 4.69) is 31.5 Å². The summed E-state index contributed by atoms with van der Waals surface area (Å²) < 4.78 is 4.76. The Labute approximate surface area is 171 Å². The monoisotopic (exact) mass is 390 g/mol. The number of nitrogens with one attached hydrogen (secondary N) is 1. The van der Waals surface area contributed by atoms with Crippen LogP contribution in [0.1, 0.15) is 42.2 Å². The molecule has 1 aliphatic heterocycles. The first-order chi connectivity index (χ1) is 13.8. The molecule has 2 aromatic carbocycles. The maximum Gasteiger partial charge on any atom is 0.337 e. The van der Waals surface area contributed by atoms with Gasteiger partial charge in [0.25, 0.3) is 0 Å². The molecule has 2 unspecified atom stereocenters. The molecule has 1 amide bonds. The topological polar surface area (TPSA) is 58.6 Å². The molecule has 0 saturated carbocycles. The number of carbonyl (C=O) groups is 2. The van der Waals surface area contributed by atoms with Crippen molar-refractivity contribution in [2.45, 2.75) is 32.4 Å². The third-order valence-corrected chi connectivity index (χ3v) is 5.26. The van der Waals surface area contributed by atoms with Crippen molar-refractivity contribution in [3.63, 3.8) is 0 Å². The standard InChI is InChI=1S/C24H26N2O3/c1-6-15(2)25-22-13-16(3)26(17(4)27)23-12-11-20(14-21(22)23)18-7-9-19(10-8-18)24(28)29-5/h6-12,14,16,22,25H,1-2,13H2,3-5H3. The van der Waals surface area contributed by atoms with Crippen molar-refractivity contribution < 1.29 is 14.3 Å². The number of allylic oxidation sites excluding steroid dienone is 1. The molecule has 3 rings (SSSR count). The molecule has 0 aromatic heterocycles. The zero-order chi connectivity index (χ0) is 21.1. The van der Waals surface area contributed by atoms with Crippen LogP contribution >= 0.6 is 0 Å². The molecule has 2 atom stereocenters. The van der Waals surface area contributed by atoms with E-state index in [9.17, 15) is 9.59 Å². The van der Waals surface area contributed by atoms with Crippen LogP contribution < -0.4 is 10.2 Å². The summed E-state index contributed by atoms with van der Waals surface area (Å²) in [5.41, 5.74) is 5.19. The lowest BCUT2D eigenvalue weighted by Gasteiger charge is -2.40. The summed E-state index contributed by atoms with van der Waals surface area (Å²) in [4.78, 5) is 25.8. The fourth-order valence-corrected chi connectivity index (χ4v) is 3.86. The Morgan fingerprint density at radius 3 is 2.41 bits per heavy atom. The van der Waals surface area contributed by atoms with Gasteiger partial charge in [-0.2, -0.15) is 0 Å². The van der Waals surface area contributed by atoms with Crippen molar-refractivity contribution in [1.29, 1.82) is 0 Å². The second-order valence-corrected chi connectivity index (χ2v) is 7.24. The highest BCUT2D eigenvalue weighted by Gasteiger charge is 2.32. The van der Waals surface area contributed by atoms with Gasteiger partial charge in [-0.3, -0.25) is 4.79 Å². The highest BCUT2D eigenvalue weighted by Crippen LogP contribution is 2.40. The van der Waals surface area contributed by atoms with E-state index in [1.54, 1.807) is 25.1 Å². The van der Waals surface area contributed by atoms with Gasteiger partial charge in [-0.05, 0) is 60.4 Å².